The molecular weight excluding hydrogens is 1710 g/mol. The zero-order chi connectivity index (χ0) is 88.4. The van der Waals surface area contributed by atoms with E-state index in [9.17, 15) is 44.7 Å². The van der Waals surface area contributed by atoms with Gasteiger partial charge in [-0.15, -0.1) is 34.0 Å². The van der Waals surface area contributed by atoms with Gasteiger partial charge < -0.3 is 62.9 Å². The van der Waals surface area contributed by atoms with Crippen molar-refractivity contribution in [2.45, 2.75) is 104 Å². The number of methoxy groups -OCH3 is 4. The Bertz CT molecular complexity index is 5720. The van der Waals surface area contributed by atoms with E-state index in [0.717, 1.165) is 97.6 Å². The zero-order valence-electron chi connectivity index (χ0n) is 68.8. The molecule has 0 spiro atoms. The molecule has 125 heavy (non-hydrogen) atoms. The van der Waals surface area contributed by atoms with Crippen molar-refractivity contribution in [2.75, 3.05) is 62.4 Å². The molecular formula is C92H88ClF8N9O12S3. The summed E-state index contributed by atoms with van der Waals surface area (Å²) in [7, 11) is 8.12. The Morgan fingerprint density at radius 1 is 0.432 bits per heavy atom. The van der Waals surface area contributed by atoms with Crippen LogP contribution in [-0.4, -0.2) is 109 Å². The molecule has 33 heteroatoms. The lowest BCUT2D eigenvalue weighted by atomic mass is 10.1. The second kappa shape index (κ2) is 41.6. The lowest BCUT2D eigenvalue weighted by molar-refractivity contribution is -0.138. The van der Waals surface area contributed by atoms with Crippen LogP contribution in [0.1, 0.15) is 115 Å². The molecule has 3 aliphatic rings. The highest BCUT2D eigenvalue weighted by atomic mass is 35.5. The molecule has 0 saturated carbocycles. The van der Waals surface area contributed by atoms with E-state index in [1.54, 1.807) is 75.4 Å². The summed E-state index contributed by atoms with van der Waals surface area (Å²) in [5.74, 6) is 3.34. The number of carbonyl (C=O) groups excluding carboxylic acids is 2. The van der Waals surface area contributed by atoms with Crippen LogP contribution >= 0.6 is 45.6 Å². The van der Waals surface area contributed by atoms with Crippen LogP contribution in [0.15, 0.2) is 211 Å². The fourth-order valence-corrected chi connectivity index (χ4v) is 16.3. The second-order valence-corrected chi connectivity index (χ2v) is 32.6. The van der Waals surface area contributed by atoms with Gasteiger partial charge in [-0.3, -0.25) is 24.3 Å². The first kappa shape index (κ1) is 90.7. The van der Waals surface area contributed by atoms with Crippen molar-refractivity contribution in [1.29, 1.82) is 0 Å². The van der Waals surface area contributed by atoms with E-state index in [2.05, 4.69) is 37.0 Å². The minimum atomic E-state index is -4.44. The first-order valence-electron chi connectivity index (χ1n) is 39.2. The van der Waals surface area contributed by atoms with Crippen LogP contribution in [-0.2, 0) is 96.7 Å². The molecule has 21 nitrogen and oxygen atoms in total. The molecule has 12 aromatic rings. The summed E-state index contributed by atoms with van der Waals surface area (Å²) in [6, 6.07) is 53.0. The Balaban J connectivity index is 0.000000161. The molecule has 0 unspecified atom stereocenters. The van der Waals surface area contributed by atoms with Gasteiger partial charge in [0.25, 0.3) is 17.7 Å². The van der Waals surface area contributed by atoms with E-state index in [-0.39, 0.29) is 57.4 Å². The Kier molecular flexibility index (Phi) is 30.2. The molecule has 3 aromatic heterocycles. The Hall–Kier alpha value is -12.0. The molecule has 9 aromatic carbocycles. The molecule has 0 bridgehead atoms. The number of halogens is 9. The highest BCUT2D eigenvalue weighted by Crippen LogP contribution is 2.39. The van der Waals surface area contributed by atoms with Crippen molar-refractivity contribution < 1.29 is 92.1 Å². The van der Waals surface area contributed by atoms with E-state index in [0.29, 0.717) is 149 Å². The summed E-state index contributed by atoms with van der Waals surface area (Å²) in [6.07, 6.45) is -8.22. The molecule has 0 fully saturated rings. The highest BCUT2D eigenvalue weighted by molar-refractivity contribution is 7.10. The van der Waals surface area contributed by atoms with Gasteiger partial charge in [0.2, 0.25) is 20.4 Å². The van der Waals surface area contributed by atoms with E-state index in [1.807, 2.05) is 126 Å². The van der Waals surface area contributed by atoms with Crippen molar-refractivity contribution in [3.05, 3.63) is 315 Å². The van der Waals surface area contributed by atoms with Gasteiger partial charge in [-0.05, 0) is 142 Å². The number of alkyl halides is 8. The van der Waals surface area contributed by atoms with E-state index in [4.69, 9.17) is 64.0 Å². The molecule has 3 aliphatic heterocycles. The summed E-state index contributed by atoms with van der Waals surface area (Å²) in [5.41, 5.74) is 8.03. The topological polar surface area (TPSA) is 202 Å². The monoisotopic (exact) mass is 1790 g/mol. The number of aromatic nitrogens is 3. The van der Waals surface area contributed by atoms with Crippen molar-refractivity contribution in [3.63, 3.8) is 0 Å². The molecule has 2 amide bonds. The number of nitrogens with one attached hydrogen (secondary N) is 2. The maximum atomic E-state index is 13.6. The fraction of sp³-hybridized carbons (Fsp3) is 0.272. The number of benzene rings is 9. The SMILES string of the molecule is C=C(NCc1cccc(C(F)(F)F)c1)c1csc(CN(Cc2ccc3c(c2)OCO3)Cc2ccc(OC)cc2OC)n1.CC(F)(F)c1cccc(CNC(=O)c2csc(CN(Cc3ccc(Cl)cc3)Cc3ccc4c(c3)OCO4)n2)c1.COc1ccc(CCN(C)C(=O)c2csc(CN(Cc3cccc(C(F)(F)F)c3)Cc3ccc4c(c3)OCO4)n2)cc1OC. The number of amides is 2. The van der Waals surface area contributed by atoms with E-state index >= 15 is 0 Å². The molecule has 2 N–H and O–H groups in total. The van der Waals surface area contributed by atoms with Crippen LogP contribution in [0.2, 0.25) is 5.02 Å². The second-order valence-electron chi connectivity index (χ2n) is 29.3. The van der Waals surface area contributed by atoms with Gasteiger partial charge in [-0.25, -0.2) is 23.7 Å². The largest absolute Gasteiger partial charge is 0.497 e. The summed E-state index contributed by atoms with van der Waals surface area (Å²) in [5, 5.41) is 14.2. The van der Waals surface area contributed by atoms with Gasteiger partial charge in [-0.1, -0.05) is 109 Å². The predicted molar refractivity (Wildman–Crippen MR) is 460 cm³/mol. The van der Waals surface area contributed by atoms with Crippen LogP contribution in [0, 0.1) is 0 Å². The number of hydrogen-bond acceptors (Lipinski definition) is 22. The number of rotatable bonds is 34. The van der Waals surface area contributed by atoms with Gasteiger partial charge in [-0.2, -0.15) is 26.3 Å². The third kappa shape index (κ3) is 25.4. The van der Waals surface area contributed by atoms with Crippen LogP contribution < -0.4 is 58.0 Å². The smallest absolute Gasteiger partial charge is 0.416 e. The maximum Gasteiger partial charge on any atom is 0.416 e. The number of fused-ring (bicyclic) bond motifs is 3. The first-order valence-corrected chi connectivity index (χ1v) is 42.2. The highest BCUT2D eigenvalue weighted by Gasteiger charge is 2.33. The summed E-state index contributed by atoms with van der Waals surface area (Å²) in [4.78, 5) is 47.9. The van der Waals surface area contributed by atoms with Crippen LogP contribution in [0.4, 0.5) is 35.1 Å². The quantitative estimate of drug-likeness (QED) is 0.0360. The lowest BCUT2D eigenvalue weighted by Gasteiger charge is -2.23. The van der Waals surface area contributed by atoms with Gasteiger partial charge in [0.1, 0.15) is 37.9 Å². The van der Waals surface area contributed by atoms with E-state index in [1.165, 1.54) is 58.3 Å². The maximum absolute atomic E-state index is 13.6. The average Bonchev–Trinajstić information content (AvgIpc) is 1.78. The third-order valence-electron chi connectivity index (χ3n) is 20.1. The average molecular weight is 1800 g/mol. The molecule has 15 rings (SSSR count). The Morgan fingerprint density at radius 3 is 1.37 bits per heavy atom. The molecule has 0 radical (unpaired) electrons. The standard InChI is InChI=1S/C32H32F3N3O5S.C31H30F3N3O4S.C29H26ClF2N3O3S/c1-37(12-11-21-7-9-26(40-2)28(14-21)41-3)31(39)25-19-44-30(36-25)18-38(16-22-5-4-6-24(13-22)32(33,34)35)17-23-8-10-27-29(15-23)43-20-42-27;1-20(35-14-21-5-4-6-24(11-21)31(32,33)34)26-18-42-30(36-26)17-37(15-22-7-10-27-29(12-22)41-19-40-27)16-23-8-9-25(38-2)13-28(23)39-3;1-29(31,32)22-4-2-3-20(11-22)13-33-28(36)24-17-39-27(34-24)16-35(14-19-5-8-23(30)9-6-19)15-21-7-10-25-26(12-21)38-18-37-25/h4-10,13-15,19H,11-12,16-18,20H2,1-3H3;4-13,18,35H,1,14-17,19H2,2-3H3;2-12,17H,13-16,18H2,1H3,(H,33,36). The van der Waals surface area contributed by atoms with E-state index < -0.39 is 29.4 Å². The number of nitrogens with zero attached hydrogens (tertiary/aromatic N) is 7. The van der Waals surface area contributed by atoms with Crippen molar-refractivity contribution >= 4 is 63.1 Å². The first-order chi connectivity index (χ1) is 60.1. The summed E-state index contributed by atoms with van der Waals surface area (Å²) >= 11 is 10.3. The number of carbonyl (C=O) groups is 2. The van der Waals surface area contributed by atoms with Gasteiger partial charge >= 0.3 is 12.4 Å². The van der Waals surface area contributed by atoms with Crippen LogP contribution in [0.25, 0.3) is 5.70 Å². The number of hydrogen-bond donors (Lipinski definition) is 2. The fourth-order valence-electron chi connectivity index (χ4n) is 13.7. The third-order valence-corrected chi connectivity index (χ3v) is 22.8. The zero-order valence-corrected chi connectivity index (χ0v) is 72.0. The van der Waals surface area contributed by atoms with Crippen LogP contribution in [0.3, 0.4) is 0 Å². The number of thiazole rings is 3. The molecule has 0 saturated heterocycles. The van der Waals surface area contributed by atoms with Gasteiger partial charge in [0, 0.05) is 111 Å². The lowest BCUT2D eigenvalue weighted by Crippen LogP contribution is -2.29. The Labute approximate surface area is 734 Å². The number of likely N-dealkylation sites (N-methyl/N-ethyl adjacent to an activating group) is 1. The van der Waals surface area contributed by atoms with Crippen molar-refractivity contribution in [3.8, 4) is 57.5 Å². The van der Waals surface area contributed by atoms with Crippen molar-refractivity contribution in [2.24, 2.45) is 0 Å². The molecule has 0 aliphatic carbocycles. The predicted octanol–water partition coefficient (Wildman–Crippen LogP) is 20.1. The molecule has 6 heterocycles. The van der Waals surface area contributed by atoms with Crippen LogP contribution in [0.5, 0.6) is 57.5 Å². The normalized spacial score (nSPS) is 12.5. The van der Waals surface area contributed by atoms with Gasteiger partial charge in [0.05, 0.1) is 70.6 Å². The van der Waals surface area contributed by atoms with Gasteiger partial charge in [0.15, 0.2) is 46.0 Å². The molecule has 654 valence electrons. The summed E-state index contributed by atoms with van der Waals surface area (Å²) < 4.78 is 161. The summed E-state index contributed by atoms with van der Waals surface area (Å²) in [6.45, 7) is 10.8. The van der Waals surface area contributed by atoms with Crippen molar-refractivity contribution in [1.82, 2.24) is 45.2 Å². The Morgan fingerprint density at radius 2 is 0.856 bits per heavy atom. The minimum Gasteiger partial charge on any atom is -0.497 e. The number of ether oxygens (including phenoxy) is 10. The minimum absolute atomic E-state index is 0.0894. The molecule has 0 atom stereocenters.